The van der Waals surface area contributed by atoms with Gasteiger partial charge in [0, 0.05) is 19.3 Å². The number of nitrogens with zero attached hydrogens (tertiary/aromatic N) is 1. The molecule has 0 aliphatic rings. The Labute approximate surface area is 109 Å². The van der Waals surface area contributed by atoms with Gasteiger partial charge in [0.2, 0.25) is 5.96 Å². The quantitative estimate of drug-likeness (QED) is 0.216. The number of aliphatic carboxylic acids is 2. The van der Waals surface area contributed by atoms with Crippen LogP contribution in [0, 0.1) is 0 Å². The first-order valence-electron chi connectivity index (χ1n) is 5.21. The van der Waals surface area contributed by atoms with E-state index in [1.165, 1.54) is 11.9 Å². The molecule has 0 aromatic carbocycles. The molecule has 0 unspecified atom stereocenters. The Bertz CT molecular complexity index is 311. The lowest BCUT2D eigenvalue weighted by molar-refractivity contribution is -0.139. The van der Waals surface area contributed by atoms with Crippen LogP contribution in [0.5, 0.6) is 0 Å². The van der Waals surface area contributed by atoms with Crippen molar-refractivity contribution >= 4 is 29.8 Å². The van der Waals surface area contributed by atoms with Crippen LogP contribution in [0.4, 0.5) is 0 Å². The highest BCUT2D eigenvalue weighted by Crippen LogP contribution is 1.97. The van der Waals surface area contributed by atoms with Crippen LogP contribution in [0.15, 0.2) is 4.99 Å². The van der Waals surface area contributed by atoms with E-state index in [-0.39, 0.29) is 13.0 Å². The Morgan fingerprint density at radius 2 is 2.06 bits per heavy atom. The van der Waals surface area contributed by atoms with Gasteiger partial charge in [-0.2, -0.15) is 0 Å². The van der Waals surface area contributed by atoms with E-state index in [9.17, 15) is 9.59 Å². The number of hydrogen-bond acceptors (Lipinski definition) is 5. The van der Waals surface area contributed by atoms with E-state index in [0.717, 1.165) is 0 Å². The molecule has 0 spiro atoms. The van der Waals surface area contributed by atoms with Gasteiger partial charge in [0.05, 0.1) is 6.42 Å². The standard InChI is InChI=1S/C9H18N4O4S/c1-10-6(8(16)17)5-18-13-9(11-2)12-4-3-7(14)15/h6,10H,3-5H2,1-2H3,(H,14,15)(H,16,17)(H2,11,12,13)/t6-/m1/s1. The highest BCUT2D eigenvalue weighted by molar-refractivity contribution is 7.98. The molecule has 9 heteroatoms. The summed E-state index contributed by atoms with van der Waals surface area (Å²) in [4.78, 5) is 24.9. The summed E-state index contributed by atoms with van der Waals surface area (Å²) in [5, 5.41) is 22.7. The van der Waals surface area contributed by atoms with E-state index in [1.54, 1.807) is 14.1 Å². The van der Waals surface area contributed by atoms with Crippen LogP contribution >= 0.6 is 11.9 Å². The largest absolute Gasteiger partial charge is 0.481 e. The average Bonchev–Trinajstić information content (AvgIpc) is 2.31. The second kappa shape index (κ2) is 9.54. The molecule has 0 bridgehead atoms. The second-order valence-electron chi connectivity index (χ2n) is 3.24. The molecule has 0 saturated heterocycles. The van der Waals surface area contributed by atoms with Gasteiger partial charge in [0.15, 0.2) is 0 Å². The first kappa shape index (κ1) is 16.5. The van der Waals surface area contributed by atoms with Gasteiger partial charge in [-0.1, -0.05) is 0 Å². The molecule has 0 rings (SSSR count). The molecule has 0 aromatic rings. The molecular formula is C9H18N4O4S. The van der Waals surface area contributed by atoms with Crippen molar-refractivity contribution in [1.82, 2.24) is 15.4 Å². The number of carboxylic acid groups (broad SMARTS) is 2. The van der Waals surface area contributed by atoms with Gasteiger partial charge in [-0.3, -0.25) is 14.6 Å². The summed E-state index contributed by atoms with van der Waals surface area (Å²) in [6.07, 6.45) is -0.0143. The minimum absolute atomic E-state index is 0.0143. The second-order valence-corrected chi connectivity index (χ2v) is 4.06. The van der Waals surface area contributed by atoms with Gasteiger partial charge >= 0.3 is 11.9 Å². The minimum Gasteiger partial charge on any atom is -0.481 e. The van der Waals surface area contributed by atoms with E-state index >= 15 is 0 Å². The maximum absolute atomic E-state index is 10.7. The fourth-order valence-corrected chi connectivity index (χ4v) is 1.78. The molecule has 0 aliphatic heterocycles. The number of carboxylic acids is 2. The third kappa shape index (κ3) is 7.74. The SMILES string of the molecule is CN=C(NCCC(=O)O)NSC[C@@H](NC)C(=O)O. The summed E-state index contributed by atoms with van der Waals surface area (Å²) in [7, 11) is 3.11. The minimum atomic E-state index is -0.930. The molecule has 18 heavy (non-hydrogen) atoms. The van der Waals surface area contributed by atoms with Gasteiger partial charge in [0.1, 0.15) is 6.04 Å². The number of guanidine groups is 1. The third-order valence-electron chi connectivity index (χ3n) is 1.92. The van der Waals surface area contributed by atoms with Crippen molar-refractivity contribution in [3.63, 3.8) is 0 Å². The van der Waals surface area contributed by atoms with Gasteiger partial charge in [-0.15, -0.1) is 0 Å². The molecule has 0 saturated carbocycles. The molecule has 104 valence electrons. The molecule has 0 aromatic heterocycles. The van der Waals surface area contributed by atoms with E-state index < -0.39 is 18.0 Å². The Morgan fingerprint density at radius 1 is 1.39 bits per heavy atom. The number of aliphatic imine (C=N–C) groups is 1. The average molecular weight is 278 g/mol. The monoisotopic (exact) mass is 278 g/mol. The number of nitrogens with one attached hydrogen (secondary N) is 3. The van der Waals surface area contributed by atoms with Crippen LogP contribution in [0.1, 0.15) is 6.42 Å². The lowest BCUT2D eigenvalue weighted by Crippen LogP contribution is -2.39. The van der Waals surface area contributed by atoms with Crippen molar-refractivity contribution < 1.29 is 19.8 Å². The van der Waals surface area contributed by atoms with Crippen LogP contribution < -0.4 is 15.4 Å². The Morgan fingerprint density at radius 3 is 2.50 bits per heavy atom. The topological polar surface area (TPSA) is 123 Å². The molecule has 8 nitrogen and oxygen atoms in total. The van der Waals surface area contributed by atoms with Gasteiger partial charge in [0.25, 0.3) is 0 Å². The van der Waals surface area contributed by atoms with Crippen molar-refractivity contribution in [3.05, 3.63) is 0 Å². The number of hydrogen-bond donors (Lipinski definition) is 5. The van der Waals surface area contributed by atoms with E-state index in [0.29, 0.717) is 11.7 Å². The Balaban J connectivity index is 3.87. The first-order valence-corrected chi connectivity index (χ1v) is 6.20. The van der Waals surface area contributed by atoms with Gasteiger partial charge < -0.3 is 25.6 Å². The number of carbonyl (C=O) groups is 2. The number of likely N-dealkylation sites (N-methyl/N-ethyl adjacent to an activating group) is 1. The normalized spacial score (nSPS) is 12.9. The molecule has 5 N–H and O–H groups in total. The summed E-state index contributed by atoms with van der Waals surface area (Å²) in [5.74, 6) is -1.10. The van der Waals surface area contributed by atoms with Crippen LogP contribution in [0.2, 0.25) is 0 Å². The fourth-order valence-electron chi connectivity index (χ4n) is 0.920. The zero-order chi connectivity index (χ0) is 14.0. The number of rotatable bonds is 8. The third-order valence-corrected chi connectivity index (χ3v) is 2.76. The van der Waals surface area contributed by atoms with Crippen molar-refractivity contribution in [2.45, 2.75) is 12.5 Å². The van der Waals surface area contributed by atoms with Crippen molar-refractivity contribution in [1.29, 1.82) is 0 Å². The van der Waals surface area contributed by atoms with Gasteiger partial charge in [-0.25, -0.2) is 0 Å². The molecule has 0 aliphatic carbocycles. The molecule has 0 fully saturated rings. The molecular weight excluding hydrogens is 260 g/mol. The molecule has 0 heterocycles. The lowest BCUT2D eigenvalue weighted by Gasteiger charge is -2.13. The fraction of sp³-hybridized carbons (Fsp3) is 0.667. The van der Waals surface area contributed by atoms with Crippen LogP contribution in [-0.2, 0) is 9.59 Å². The Hall–Kier alpha value is -1.48. The Kier molecular flexibility index (Phi) is 8.76. The van der Waals surface area contributed by atoms with Crippen LogP contribution in [-0.4, -0.2) is 60.5 Å². The highest BCUT2D eigenvalue weighted by Gasteiger charge is 2.14. The van der Waals surface area contributed by atoms with Crippen molar-refractivity contribution in [2.24, 2.45) is 4.99 Å². The smallest absolute Gasteiger partial charge is 0.321 e. The summed E-state index contributed by atoms with van der Waals surface area (Å²) >= 11 is 1.17. The lowest BCUT2D eigenvalue weighted by atomic mass is 10.3. The van der Waals surface area contributed by atoms with Gasteiger partial charge in [-0.05, 0) is 19.0 Å². The van der Waals surface area contributed by atoms with E-state index in [1.807, 2.05) is 0 Å². The predicted octanol–water partition coefficient (Wildman–Crippen LogP) is -1.05. The first-order chi connectivity index (χ1) is 8.51. The predicted molar refractivity (Wildman–Crippen MR) is 69.7 cm³/mol. The summed E-state index contributed by atoms with van der Waals surface area (Å²) in [6, 6.07) is -0.653. The zero-order valence-electron chi connectivity index (χ0n) is 10.3. The van der Waals surface area contributed by atoms with Crippen LogP contribution in [0.25, 0.3) is 0 Å². The van der Waals surface area contributed by atoms with Crippen molar-refractivity contribution in [2.75, 3.05) is 26.4 Å². The molecule has 0 radical (unpaired) electrons. The maximum Gasteiger partial charge on any atom is 0.321 e. The molecule has 0 amide bonds. The summed E-state index contributed by atoms with van der Waals surface area (Å²) in [6.45, 7) is 0.254. The summed E-state index contributed by atoms with van der Waals surface area (Å²) < 4.78 is 2.82. The highest BCUT2D eigenvalue weighted by atomic mass is 32.2. The van der Waals surface area contributed by atoms with Crippen molar-refractivity contribution in [3.8, 4) is 0 Å². The van der Waals surface area contributed by atoms with Crippen LogP contribution in [0.3, 0.4) is 0 Å². The zero-order valence-corrected chi connectivity index (χ0v) is 11.1. The van der Waals surface area contributed by atoms with E-state index in [2.05, 4.69) is 20.3 Å². The molecule has 1 atom stereocenters. The van der Waals surface area contributed by atoms with E-state index in [4.69, 9.17) is 10.2 Å². The maximum atomic E-state index is 10.7. The summed E-state index contributed by atoms with van der Waals surface area (Å²) in [5.41, 5.74) is 0.